The molecule has 0 radical (unpaired) electrons. The highest BCUT2D eigenvalue weighted by molar-refractivity contribution is 9.10. The van der Waals surface area contributed by atoms with Crippen molar-refractivity contribution < 1.29 is 14.3 Å². The number of ether oxygens (including phenoxy) is 1. The second-order valence-corrected chi connectivity index (χ2v) is 8.37. The fourth-order valence-electron chi connectivity index (χ4n) is 4.23. The van der Waals surface area contributed by atoms with Crippen molar-refractivity contribution in [2.45, 2.75) is 0 Å². The van der Waals surface area contributed by atoms with Gasteiger partial charge in [-0.3, -0.25) is 9.59 Å². The zero-order chi connectivity index (χ0) is 21.1. The molecule has 0 saturated heterocycles. The molecule has 6 rings (SSSR count). The van der Waals surface area contributed by atoms with Crippen molar-refractivity contribution >= 4 is 44.6 Å². The molecule has 0 amide bonds. The molecule has 5 heteroatoms. The SMILES string of the molecule is O=C1c2ccc(Br)cc2C(=O)c2cc(N3c4ccccc4Oc4ccccc43)ccc21. The molecular formula is C26H14BrNO3. The van der Waals surface area contributed by atoms with Crippen LogP contribution in [0, 0.1) is 0 Å². The van der Waals surface area contributed by atoms with Crippen LogP contribution < -0.4 is 9.64 Å². The van der Waals surface area contributed by atoms with Gasteiger partial charge in [-0.05, 0) is 60.7 Å². The van der Waals surface area contributed by atoms with E-state index in [4.69, 9.17) is 4.74 Å². The number of ketones is 2. The van der Waals surface area contributed by atoms with E-state index in [2.05, 4.69) is 20.8 Å². The van der Waals surface area contributed by atoms with Gasteiger partial charge in [-0.25, -0.2) is 0 Å². The van der Waals surface area contributed by atoms with E-state index in [1.165, 1.54) is 0 Å². The molecular weight excluding hydrogens is 454 g/mol. The van der Waals surface area contributed by atoms with E-state index in [0.717, 1.165) is 33.0 Å². The summed E-state index contributed by atoms with van der Waals surface area (Å²) in [7, 11) is 0. The van der Waals surface area contributed by atoms with Gasteiger partial charge in [-0.1, -0.05) is 40.2 Å². The van der Waals surface area contributed by atoms with Crippen LogP contribution in [0.2, 0.25) is 0 Å². The summed E-state index contributed by atoms with van der Waals surface area (Å²) < 4.78 is 6.84. The maximum Gasteiger partial charge on any atom is 0.194 e. The summed E-state index contributed by atoms with van der Waals surface area (Å²) in [5.74, 6) is 1.18. The number of anilines is 3. The maximum absolute atomic E-state index is 13.3. The Kier molecular flexibility index (Phi) is 3.88. The van der Waals surface area contributed by atoms with Gasteiger partial charge >= 0.3 is 0 Å². The zero-order valence-corrected chi connectivity index (χ0v) is 17.7. The Morgan fingerprint density at radius 1 is 0.613 bits per heavy atom. The van der Waals surface area contributed by atoms with Gasteiger partial charge in [-0.15, -0.1) is 0 Å². The lowest BCUT2D eigenvalue weighted by Gasteiger charge is -2.33. The number of halogens is 1. The molecule has 0 spiro atoms. The lowest BCUT2D eigenvalue weighted by atomic mass is 9.84. The normalized spacial score (nSPS) is 13.6. The molecule has 0 saturated carbocycles. The largest absolute Gasteiger partial charge is 0.453 e. The van der Waals surface area contributed by atoms with E-state index in [9.17, 15) is 9.59 Å². The Morgan fingerprint density at radius 3 is 1.84 bits per heavy atom. The van der Waals surface area contributed by atoms with Gasteiger partial charge in [0.1, 0.15) is 0 Å². The number of para-hydroxylation sites is 4. The summed E-state index contributed by atoms with van der Waals surface area (Å²) >= 11 is 3.41. The molecule has 2 aliphatic rings. The Balaban J connectivity index is 1.55. The standard InChI is InChI=1S/C26H14BrNO3/c27-15-9-11-17-19(13-15)26(30)20-14-16(10-12-18(20)25(17)29)28-21-5-1-3-7-23(21)31-24-8-4-2-6-22(24)28/h1-14H. The molecule has 1 aliphatic carbocycles. The van der Waals surface area contributed by atoms with Gasteiger partial charge < -0.3 is 9.64 Å². The summed E-state index contributed by atoms with van der Waals surface area (Å²) in [6, 6.07) is 26.2. The third-order valence-electron chi connectivity index (χ3n) is 5.65. The third kappa shape index (κ3) is 2.67. The molecule has 0 bridgehead atoms. The van der Waals surface area contributed by atoms with Crippen LogP contribution in [0.25, 0.3) is 0 Å². The summed E-state index contributed by atoms with van der Waals surface area (Å²) in [6.45, 7) is 0. The second kappa shape index (κ2) is 6.65. The average molecular weight is 468 g/mol. The van der Waals surface area contributed by atoms with E-state index in [1.54, 1.807) is 30.3 Å². The average Bonchev–Trinajstić information content (AvgIpc) is 2.80. The molecule has 0 fully saturated rings. The van der Waals surface area contributed by atoms with Crippen LogP contribution in [-0.2, 0) is 0 Å². The molecule has 148 valence electrons. The summed E-state index contributed by atoms with van der Waals surface area (Å²) in [6.07, 6.45) is 0. The third-order valence-corrected chi connectivity index (χ3v) is 6.15. The zero-order valence-electron chi connectivity index (χ0n) is 16.1. The van der Waals surface area contributed by atoms with Gasteiger partial charge in [0.15, 0.2) is 23.1 Å². The van der Waals surface area contributed by atoms with Gasteiger partial charge in [-0.2, -0.15) is 0 Å². The molecule has 0 atom stereocenters. The molecule has 0 unspecified atom stereocenters. The minimum Gasteiger partial charge on any atom is -0.453 e. The predicted molar refractivity (Wildman–Crippen MR) is 122 cm³/mol. The minimum atomic E-state index is -0.150. The molecule has 4 nitrogen and oxygen atoms in total. The van der Waals surface area contributed by atoms with E-state index in [0.29, 0.717) is 22.3 Å². The predicted octanol–water partition coefficient (Wildman–Crippen LogP) is 6.80. The van der Waals surface area contributed by atoms with Gasteiger partial charge in [0, 0.05) is 32.4 Å². The molecule has 0 aromatic heterocycles. The van der Waals surface area contributed by atoms with E-state index >= 15 is 0 Å². The highest BCUT2D eigenvalue weighted by Crippen LogP contribution is 2.50. The number of carbonyl (C=O) groups excluding carboxylic acids is 2. The second-order valence-electron chi connectivity index (χ2n) is 7.45. The first-order valence-corrected chi connectivity index (χ1v) is 10.6. The van der Waals surface area contributed by atoms with E-state index in [-0.39, 0.29) is 11.6 Å². The number of hydrogen-bond donors (Lipinski definition) is 0. The molecule has 1 aliphatic heterocycles. The van der Waals surface area contributed by atoms with Gasteiger partial charge in [0.25, 0.3) is 0 Å². The first-order chi connectivity index (χ1) is 15.1. The Morgan fingerprint density at radius 2 is 1.16 bits per heavy atom. The summed E-state index contributed by atoms with van der Waals surface area (Å²) in [5.41, 5.74) is 4.24. The van der Waals surface area contributed by atoms with Crippen molar-refractivity contribution in [3.8, 4) is 11.5 Å². The fourth-order valence-corrected chi connectivity index (χ4v) is 4.59. The van der Waals surface area contributed by atoms with Crippen molar-refractivity contribution in [2.75, 3.05) is 4.90 Å². The fraction of sp³-hybridized carbons (Fsp3) is 0. The van der Waals surface area contributed by atoms with Crippen LogP contribution in [0.5, 0.6) is 11.5 Å². The van der Waals surface area contributed by atoms with Crippen molar-refractivity contribution in [2.24, 2.45) is 0 Å². The topological polar surface area (TPSA) is 46.6 Å². The Hall–Kier alpha value is -3.70. The minimum absolute atomic E-state index is 0.133. The van der Waals surface area contributed by atoms with Crippen LogP contribution in [0.3, 0.4) is 0 Å². The summed E-state index contributed by atoms with van der Waals surface area (Å²) in [5, 5.41) is 0. The molecule has 31 heavy (non-hydrogen) atoms. The van der Waals surface area contributed by atoms with Crippen LogP contribution in [0.15, 0.2) is 89.4 Å². The van der Waals surface area contributed by atoms with Crippen molar-refractivity contribution in [1.29, 1.82) is 0 Å². The first kappa shape index (κ1) is 18.1. The molecule has 1 heterocycles. The van der Waals surface area contributed by atoms with Crippen molar-refractivity contribution in [3.63, 3.8) is 0 Å². The van der Waals surface area contributed by atoms with Crippen LogP contribution in [0.1, 0.15) is 31.8 Å². The quantitative estimate of drug-likeness (QED) is 0.266. The molecule has 0 N–H and O–H groups in total. The van der Waals surface area contributed by atoms with Crippen LogP contribution >= 0.6 is 15.9 Å². The van der Waals surface area contributed by atoms with E-state index < -0.39 is 0 Å². The van der Waals surface area contributed by atoms with Crippen LogP contribution in [0.4, 0.5) is 17.1 Å². The molecule has 4 aromatic carbocycles. The monoisotopic (exact) mass is 467 g/mol. The highest BCUT2D eigenvalue weighted by atomic mass is 79.9. The van der Waals surface area contributed by atoms with Crippen LogP contribution in [-0.4, -0.2) is 11.6 Å². The number of rotatable bonds is 1. The van der Waals surface area contributed by atoms with Gasteiger partial charge in [0.05, 0.1) is 11.4 Å². The number of carbonyl (C=O) groups is 2. The maximum atomic E-state index is 13.3. The number of nitrogens with zero attached hydrogens (tertiary/aromatic N) is 1. The molecule has 4 aromatic rings. The first-order valence-electron chi connectivity index (χ1n) is 9.81. The number of hydrogen-bond acceptors (Lipinski definition) is 4. The van der Waals surface area contributed by atoms with E-state index in [1.807, 2.05) is 54.6 Å². The van der Waals surface area contributed by atoms with Crippen molar-refractivity contribution in [3.05, 3.63) is 112 Å². The lowest BCUT2D eigenvalue weighted by molar-refractivity contribution is 0.0979. The number of fused-ring (bicyclic) bond motifs is 4. The van der Waals surface area contributed by atoms with Crippen molar-refractivity contribution in [1.82, 2.24) is 0 Å². The highest BCUT2D eigenvalue weighted by Gasteiger charge is 2.32. The Labute approximate surface area is 186 Å². The Bertz CT molecular complexity index is 1380. The smallest absolute Gasteiger partial charge is 0.194 e. The summed E-state index contributed by atoms with van der Waals surface area (Å²) in [4.78, 5) is 28.4. The lowest BCUT2D eigenvalue weighted by Crippen LogP contribution is -2.22. The van der Waals surface area contributed by atoms with Gasteiger partial charge in [0.2, 0.25) is 0 Å². The number of benzene rings is 4.